The lowest BCUT2D eigenvalue weighted by atomic mass is 10.2. The summed E-state index contributed by atoms with van der Waals surface area (Å²) in [4.78, 5) is 9.99. The first-order chi connectivity index (χ1) is 12.5. The smallest absolute Gasteiger partial charge is 0.191 e. The van der Waals surface area contributed by atoms with Crippen molar-refractivity contribution in [2.75, 3.05) is 20.1 Å². The molecular formula is C19H27FN4OS. The van der Waals surface area contributed by atoms with Gasteiger partial charge < -0.3 is 15.4 Å². The molecule has 0 aliphatic rings. The number of thiazole rings is 1. The van der Waals surface area contributed by atoms with Crippen molar-refractivity contribution < 1.29 is 9.13 Å². The molecule has 5 nitrogen and oxygen atoms in total. The maximum Gasteiger partial charge on any atom is 0.191 e. The van der Waals surface area contributed by atoms with Crippen LogP contribution in [-0.4, -0.2) is 37.2 Å². The monoisotopic (exact) mass is 378 g/mol. The van der Waals surface area contributed by atoms with Crippen molar-refractivity contribution >= 4 is 17.3 Å². The summed E-state index contributed by atoms with van der Waals surface area (Å²) in [7, 11) is 1.74. The molecule has 1 atom stereocenters. The van der Waals surface area contributed by atoms with Gasteiger partial charge in [-0.05, 0) is 32.4 Å². The molecule has 0 amide bonds. The van der Waals surface area contributed by atoms with Crippen LogP contribution in [0.2, 0.25) is 0 Å². The summed E-state index contributed by atoms with van der Waals surface area (Å²) in [5.41, 5.74) is 1.10. The third-order valence-corrected chi connectivity index (χ3v) is 5.05. The minimum absolute atomic E-state index is 0.0678. The molecule has 142 valence electrons. The number of aromatic nitrogens is 1. The number of ether oxygens (including phenoxy) is 1. The van der Waals surface area contributed by atoms with E-state index in [1.165, 1.54) is 17.0 Å². The van der Waals surface area contributed by atoms with Crippen LogP contribution in [0.25, 0.3) is 0 Å². The van der Waals surface area contributed by atoms with Crippen LogP contribution in [0, 0.1) is 19.7 Å². The Bertz CT molecular complexity index is 732. The molecule has 1 aromatic carbocycles. The first-order valence-electron chi connectivity index (χ1n) is 8.81. The molecule has 1 unspecified atom stereocenters. The molecule has 2 aromatic rings. The summed E-state index contributed by atoms with van der Waals surface area (Å²) in [5.74, 6) is 0.971. The fraction of sp³-hybridized carbons (Fsp3) is 0.474. The van der Waals surface area contributed by atoms with E-state index in [-0.39, 0.29) is 11.9 Å². The molecule has 0 fully saturated rings. The molecule has 0 aliphatic carbocycles. The van der Waals surface area contributed by atoms with Gasteiger partial charge in [-0.15, -0.1) is 11.3 Å². The quantitative estimate of drug-likeness (QED) is 0.546. The second kappa shape index (κ2) is 10.1. The van der Waals surface area contributed by atoms with E-state index >= 15 is 0 Å². The van der Waals surface area contributed by atoms with E-state index in [2.05, 4.69) is 20.6 Å². The highest BCUT2D eigenvalue weighted by atomic mass is 32.1. The minimum atomic E-state index is -0.295. The number of nitrogens with one attached hydrogen (secondary N) is 2. The molecular weight excluding hydrogens is 351 g/mol. The number of aryl methyl sites for hydroxylation is 2. The molecule has 26 heavy (non-hydrogen) atoms. The van der Waals surface area contributed by atoms with Gasteiger partial charge in [-0.1, -0.05) is 13.0 Å². The topological polar surface area (TPSA) is 58.5 Å². The third kappa shape index (κ3) is 6.29. The summed E-state index contributed by atoms with van der Waals surface area (Å²) in [5, 5.41) is 7.68. The number of rotatable bonds is 8. The largest absolute Gasteiger partial charge is 0.489 e. The van der Waals surface area contributed by atoms with Crippen LogP contribution in [-0.2, 0) is 6.42 Å². The first-order valence-corrected chi connectivity index (χ1v) is 9.63. The number of aliphatic imine (C=N–C) groups is 1. The fourth-order valence-corrected chi connectivity index (χ4v) is 3.47. The van der Waals surface area contributed by atoms with Crippen molar-refractivity contribution in [3.05, 3.63) is 45.7 Å². The Kier molecular flexibility index (Phi) is 7.84. The van der Waals surface area contributed by atoms with Crippen molar-refractivity contribution in [3.63, 3.8) is 0 Å². The Morgan fingerprint density at radius 2 is 2.15 bits per heavy atom. The molecule has 0 bridgehead atoms. The van der Waals surface area contributed by atoms with E-state index in [9.17, 15) is 4.39 Å². The zero-order valence-corrected chi connectivity index (χ0v) is 16.6. The van der Waals surface area contributed by atoms with Crippen molar-refractivity contribution in [2.45, 2.75) is 39.7 Å². The van der Waals surface area contributed by atoms with Gasteiger partial charge in [-0.3, -0.25) is 4.99 Å². The van der Waals surface area contributed by atoms with Gasteiger partial charge >= 0.3 is 0 Å². The summed E-state index contributed by atoms with van der Waals surface area (Å²) < 4.78 is 19.1. The lowest BCUT2D eigenvalue weighted by Crippen LogP contribution is -2.43. The van der Waals surface area contributed by atoms with E-state index in [1.54, 1.807) is 30.5 Å². The first kappa shape index (κ1) is 20.2. The Morgan fingerprint density at radius 3 is 2.77 bits per heavy atom. The number of benzene rings is 1. The van der Waals surface area contributed by atoms with Gasteiger partial charge in [-0.2, -0.15) is 0 Å². The number of hydrogen-bond donors (Lipinski definition) is 2. The minimum Gasteiger partial charge on any atom is -0.489 e. The standard InChI is InChI=1S/C19H27FN4OS/c1-5-16(25-17-8-6-7-15(20)11-17)12-23-19(21-4)22-10-9-18-13(2)24-14(3)26-18/h6-8,11,16H,5,9-10,12H2,1-4H3,(H2,21,22,23). The molecule has 0 aliphatic heterocycles. The van der Waals surface area contributed by atoms with Gasteiger partial charge in [0.2, 0.25) is 0 Å². The van der Waals surface area contributed by atoms with Gasteiger partial charge in [-0.25, -0.2) is 9.37 Å². The van der Waals surface area contributed by atoms with Crippen LogP contribution in [0.3, 0.4) is 0 Å². The van der Waals surface area contributed by atoms with Gasteiger partial charge in [0.25, 0.3) is 0 Å². The second-order valence-corrected chi connectivity index (χ2v) is 7.26. The molecule has 0 spiro atoms. The Balaban J connectivity index is 1.78. The summed E-state index contributed by atoms with van der Waals surface area (Å²) in [6, 6.07) is 6.21. The van der Waals surface area contributed by atoms with Crippen molar-refractivity contribution in [3.8, 4) is 5.75 Å². The average molecular weight is 379 g/mol. The molecule has 0 saturated heterocycles. The van der Waals surface area contributed by atoms with Crippen LogP contribution in [0.5, 0.6) is 5.75 Å². The van der Waals surface area contributed by atoms with E-state index in [4.69, 9.17) is 4.74 Å². The fourth-order valence-electron chi connectivity index (χ4n) is 2.53. The van der Waals surface area contributed by atoms with Gasteiger partial charge in [0, 0.05) is 31.0 Å². The molecule has 2 N–H and O–H groups in total. The zero-order chi connectivity index (χ0) is 18.9. The predicted molar refractivity (Wildman–Crippen MR) is 106 cm³/mol. The zero-order valence-electron chi connectivity index (χ0n) is 15.8. The SMILES string of the molecule is CCC(CNC(=NC)NCCc1sc(C)nc1C)Oc1cccc(F)c1. The van der Waals surface area contributed by atoms with Crippen LogP contribution in [0.4, 0.5) is 4.39 Å². The van der Waals surface area contributed by atoms with E-state index in [0.29, 0.717) is 12.3 Å². The molecule has 7 heteroatoms. The van der Waals surface area contributed by atoms with Crippen molar-refractivity contribution in [1.82, 2.24) is 15.6 Å². The lowest BCUT2D eigenvalue weighted by molar-refractivity contribution is 0.199. The number of hydrogen-bond acceptors (Lipinski definition) is 4. The van der Waals surface area contributed by atoms with Crippen molar-refractivity contribution in [2.24, 2.45) is 4.99 Å². The lowest BCUT2D eigenvalue weighted by Gasteiger charge is -2.20. The maximum absolute atomic E-state index is 13.3. The highest BCUT2D eigenvalue weighted by molar-refractivity contribution is 7.11. The highest BCUT2D eigenvalue weighted by Gasteiger charge is 2.10. The third-order valence-electron chi connectivity index (χ3n) is 3.92. The molecule has 1 aromatic heterocycles. The van der Waals surface area contributed by atoms with Crippen LogP contribution in [0.15, 0.2) is 29.3 Å². The molecule has 0 radical (unpaired) electrons. The normalized spacial score (nSPS) is 12.7. The Labute approximate surface area is 158 Å². The Morgan fingerprint density at radius 1 is 1.35 bits per heavy atom. The summed E-state index contributed by atoms with van der Waals surface area (Å²) in [6.45, 7) is 7.48. The Hall–Kier alpha value is -2.15. The van der Waals surface area contributed by atoms with Crippen LogP contribution >= 0.6 is 11.3 Å². The molecule has 2 rings (SSSR count). The van der Waals surface area contributed by atoms with E-state index < -0.39 is 0 Å². The number of guanidine groups is 1. The highest BCUT2D eigenvalue weighted by Crippen LogP contribution is 2.17. The van der Waals surface area contributed by atoms with E-state index in [0.717, 1.165) is 36.0 Å². The van der Waals surface area contributed by atoms with Gasteiger partial charge in [0.05, 0.1) is 17.2 Å². The second-order valence-electron chi connectivity index (χ2n) is 5.98. The molecule has 0 saturated carbocycles. The number of nitrogens with zero attached hydrogens (tertiary/aromatic N) is 2. The molecule has 1 heterocycles. The van der Waals surface area contributed by atoms with Gasteiger partial charge in [0.15, 0.2) is 5.96 Å². The van der Waals surface area contributed by atoms with Crippen molar-refractivity contribution in [1.29, 1.82) is 0 Å². The van der Waals surface area contributed by atoms with Crippen LogP contribution in [0.1, 0.15) is 28.9 Å². The average Bonchev–Trinajstić information content (AvgIpc) is 2.94. The van der Waals surface area contributed by atoms with Crippen LogP contribution < -0.4 is 15.4 Å². The summed E-state index contributed by atoms with van der Waals surface area (Å²) >= 11 is 1.74. The predicted octanol–water partition coefficient (Wildman–Crippen LogP) is 3.46. The van der Waals surface area contributed by atoms with Gasteiger partial charge in [0.1, 0.15) is 17.7 Å². The van der Waals surface area contributed by atoms with E-state index in [1.807, 2.05) is 20.8 Å². The summed E-state index contributed by atoms with van der Waals surface area (Å²) in [6.07, 6.45) is 1.65. The maximum atomic E-state index is 13.3. The number of halogens is 1.